The fourth-order valence-electron chi connectivity index (χ4n) is 3.18. The minimum absolute atomic E-state index is 0.151. The van der Waals surface area contributed by atoms with Crippen molar-refractivity contribution in [2.75, 3.05) is 5.32 Å². The highest BCUT2D eigenvalue weighted by molar-refractivity contribution is 6.10. The predicted molar refractivity (Wildman–Crippen MR) is 120 cm³/mol. The van der Waals surface area contributed by atoms with Crippen LogP contribution >= 0.6 is 0 Å². The van der Waals surface area contributed by atoms with E-state index in [1.165, 1.54) is 0 Å². The summed E-state index contributed by atoms with van der Waals surface area (Å²) in [4.78, 5) is 25.6. The van der Waals surface area contributed by atoms with Crippen LogP contribution in [0.15, 0.2) is 66.7 Å². The predicted octanol–water partition coefficient (Wildman–Crippen LogP) is 4.91. The maximum atomic E-state index is 13.0. The zero-order valence-electron chi connectivity index (χ0n) is 17.9. The molecule has 2 N–H and O–H groups in total. The van der Waals surface area contributed by atoms with Gasteiger partial charge in [0.1, 0.15) is 11.6 Å². The summed E-state index contributed by atoms with van der Waals surface area (Å²) >= 11 is 0. The smallest absolute Gasteiger partial charge is 0.341 e. The second-order valence-electron chi connectivity index (χ2n) is 8.28. The van der Waals surface area contributed by atoms with Crippen molar-refractivity contribution in [2.45, 2.75) is 45.9 Å². The van der Waals surface area contributed by atoms with Gasteiger partial charge in [-0.1, -0.05) is 60.7 Å². The molecule has 0 bridgehead atoms. The summed E-state index contributed by atoms with van der Waals surface area (Å²) in [6, 6.07) is 20.6. The van der Waals surface area contributed by atoms with Crippen LogP contribution in [-0.2, 0) is 16.1 Å². The molecule has 156 valence electrons. The Morgan fingerprint density at radius 3 is 2.30 bits per heavy atom. The van der Waals surface area contributed by atoms with Crippen LogP contribution < -0.4 is 10.6 Å². The maximum absolute atomic E-state index is 13.0. The van der Waals surface area contributed by atoms with Crippen LogP contribution in [0.3, 0.4) is 0 Å². The number of hydrogen-bond donors (Lipinski definition) is 2. The van der Waals surface area contributed by atoms with E-state index in [9.17, 15) is 9.59 Å². The van der Waals surface area contributed by atoms with Crippen LogP contribution in [0.25, 0.3) is 10.8 Å². The molecule has 0 saturated heterocycles. The third-order valence-corrected chi connectivity index (χ3v) is 4.61. The van der Waals surface area contributed by atoms with Gasteiger partial charge in [-0.3, -0.25) is 4.79 Å². The summed E-state index contributed by atoms with van der Waals surface area (Å²) in [5.41, 5.74) is 1.42. The topological polar surface area (TPSA) is 67.4 Å². The number of hydrogen-bond acceptors (Lipinski definition) is 4. The Balaban J connectivity index is 1.83. The molecule has 0 aromatic heterocycles. The number of ether oxygens (including phenoxy) is 1. The van der Waals surface area contributed by atoms with Crippen molar-refractivity contribution in [2.24, 2.45) is 0 Å². The first-order valence-electron chi connectivity index (χ1n) is 10.1. The number of carbonyl (C=O) groups excluding carboxylic acids is 2. The number of nitrogens with one attached hydrogen (secondary N) is 2. The van der Waals surface area contributed by atoms with E-state index < -0.39 is 17.6 Å². The molecular weight excluding hydrogens is 376 g/mol. The van der Waals surface area contributed by atoms with Crippen LogP contribution in [0.1, 0.15) is 43.6 Å². The van der Waals surface area contributed by atoms with Gasteiger partial charge in [0.15, 0.2) is 0 Å². The van der Waals surface area contributed by atoms with E-state index in [2.05, 4.69) is 10.6 Å². The van der Waals surface area contributed by atoms with E-state index >= 15 is 0 Å². The van der Waals surface area contributed by atoms with Crippen LogP contribution in [0.4, 0.5) is 5.69 Å². The van der Waals surface area contributed by atoms with Crippen molar-refractivity contribution in [1.82, 2.24) is 5.32 Å². The van der Waals surface area contributed by atoms with Gasteiger partial charge in [0, 0.05) is 12.2 Å². The van der Waals surface area contributed by atoms with Crippen LogP contribution in [0.5, 0.6) is 0 Å². The number of anilines is 1. The summed E-state index contributed by atoms with van der Waals surface area (Å²) in [6.45, 7) is 7.73. The quantitative estimate of drug-likeness (QED) is 0.573. The number of fused-ring (bicyclic) bond motifs is 1. The molecule has 0 heterocycles. The van der Waals surface area contributed by atoms with Crippen molar-refractivity contribution < 1.29 is 14.3 Å². The van der Waals surface area contributed by atoms with E-state index in [0.29, 0.717) is 17.8 Å². The number of amides is 1. The van der Waals surface area contributed by atoms with Crippen LogP contribution in [-0.4, -0.2) is 23.5 Å². The number of carbonyl (C=O) groups is 2. The van der Waals surface area contributed by atoms with Crippen molar-refractivity contribution >= 4 is 28.3 Å². The molecule has 0 radical (unpaired) electrons. The first-order chi connectivity index (χ1) is 14.2. The lowest BCUT2D eigenvalue weighted by Crippen LogP contribution is -2.37. The van der Waals surface area contributed by atoms with Gasteiger partial charge in [0.05, 0.1) is 5.56 Å². The number of rotatable bonds is 6. The number of benzene rings is 3. The Morgan fingerprint density at radius 1 is 0.933 bits per heavy atom. The van der Waals surface area contributed by atoms with E-state index in [1.54, 1.807) is 6.92 Å². The first-order valence-corrected chi connectivity index (χ1v) is 10.1. The van der Waals surface area contributed by atoms with Gasteiger partial charge in [-0.15, -0.1) is 0 Å². The molecule has 3 rings (SSSR count). The van der Waals surface area contributed by atoms with Gasteiger partial charge < -0.3 is 15.4 Å². The molecule has 0 aliphatic heterocycles. The molecule has 30 heavy (non-hydrogen) atoms. The van der Waals surface area contributed by atoms with Gasteiger partial charge in [-0.25, -0.2) is 4.79 Å². The Labute approximate surface area is 177 Å². The average Bonchev–Trinajstić information content (AvgIpc) is 2.71. The van der Waals surface area contributed by atoms with Crippen LogP contribution in [0.2, 0.25) is 0 Å². The molecule has 5 nitrogen and oxygen atoms in total. The van der Waals surface area contributed by atoms with Crippen molar-refractivity contribution in [3.63, 3.8) is 0 Å². The largest absolute Gasteiger partial charge is 0.456 e. The van der Waals surface area contributed by atoms with Gasteiger partial charge in [0.2, 0.25) is 5.91 Å². The summed E-state index contributed by atoms with van der Waals surface area (Å²) in [7, 11) is 0. The molecule has 5 heteroatoms. The Hall–Kier alpha value is -3.34. The van der Waals surface area contributed by atoms with E-state index in [4.69, 9.17) is 4.74 Å². The molecule has 3 aromatic carbocycles. The Bertz CT molecular complexity index is 1040. The fourth-order valence-corrected chi connectivity index (χ4v) is 3.18. The maximum Gasteiger partial charge on any atom is 0.341 e. The molecular formula is C25H28N2O3. The Kier molecular flexibility index (Phi) is 6.40. The first kappa shape index (κ1) is 21.4. The standard InChI is InChI=1S/C25H28N2O3/c1-17(23(28)26-16-18-10-6-5-7-11-18)27-21-15-14-19-12-8-9-13-20(19)22(21)24(29)30-25(2,3)4/h5-15,17,27H,16H2,1-4H3,(H,26,28)/t17-/m0/s1. The second-order valence-corrected chi connectivity index (χ2v) is 8.28. The minimum atomic E-state index is -0.621. The summed E-state index contributed by atoms with van der Waals surface area (Å²) in [6.07, 6.45) is 0. The zero-order valence-corrected chi connectivity index (χ0v) is 17.9. The average molecular weight is 405 g/mol. The molecule has 0 fully saturated rings. The molecule has 0 aliphatic carbocycles. The molecule has 1 amide bonds. The highest BCUT2D eigenvalue weighted by Crippen LogP contribution is 2.29. The lowest BCUT2D eigenvalue weighted by molar-refractivity contribution is -0.121. The molecule has 0 aliphatic rings. The minimum Gasteiger partial charge on any atom is -0.456 e. The van der Waals surface area contributed by atoms with Crippen molar-refractivity contribution in [1.29, 1.82) is 0 Å². The third-order valence-electron chi connectivity index (χ3n) is 4.61. The SMILES string of the molecule is C[C@H](Nc1ccc2ccccc2c1C(=O)OC(C)(C)C)C(=O)NCc1ccccc1. The molecule has 0 spiro atoms. The second kappa shape index (κ2) is 8.99. The van der Waals surface area contributed by atoms with Crippen LogP contribution in [0, 0.1) is 0 Å². The molecule has 1 atom stereocenters. The van der Waals surface area contributed by atoms with E-state index in [1.807, 2.05) is 87.5 Å². The van der Waals surface area contributed by atoms with Crippen molar-refractivity contribution in [3.05, 3.63) is 77.9 Å². The third kappa shape index (κ3) is 5.38. The van der Waals surface area contributed by atoms with Gasteiger partial charge in [-0.2, -0.15) is 0 Å². The highest BCUT2D eigenvalue weighted by atomic mass is 16.6. The molecule has 0 saturated carbocycles. The Morgan fingerprint density at radius 2 is 1.60 bits per heavy atom. The lowest BCUT2D eigenvalue weighted by atomic mass is 10.0. The number of esters is 1. The molecule has 0 unspecified atom stereocenters. The van der Waals surface area contributed by atoms with Gasteiger partial charge in [0.25, 0.3) is 0 Å². The summed E-state index contributed by atoms with van der Waals surface area (Å²) in [5.74, 6) is -0.569. The summed E-state index contributed by atoms with van der Waals surface area (Å²) < 4.78 is 5.64. The van der Waals surface area contributed by atoms with E-state index in [-0.39, 0.29) is 5.91 Å². The van der Waals surface area contributed by atoms with Gasteiger partial charge in [-0.05, 0) is 50.1 Å². The normalized spacial score (nSPS) is 12.3. The van der Waals surface area contributed by atoms with Gasteiger partial charge >= 0.3 is 5.97 Å². The summed E-state index contributed by atoms with van der Waals surface area (Å²) in [5, 5.41) is 7.84. The highest BCUT2D eigenvalue weighted by Gasteiger charge is 2.24. The molecule has 3 aromatic rings. The van der Waals surface area contributed by atoms with Crippen molar-refractivity contribution in [3.8, 4) is 0 Å². The monoisotopic (exact) mass is 404 g/mol. The van der Waals surface area contributed by atoms with E-state index in [0.717, 1.165) is 16.3 Å². The fraction of sp³-hybridized carbons (Fsp3) is 0.280. The zero-order chi connectivity index (χ0) is 21.7. The lowest BCUT2D eigenvalue weighted by Gasteiger charge is -2.23.